The largest absolute Gasteiger partial charge is 0.465 e. The van der Waals surface area contributed by atoms with E-state index in [1.807, 2.05) is 18.2 Å². The second kappa shape index (κ2) is 7.88. The van der Waals surface area contributed by atoms with Gasteiger partial charge in [0.2, 0.25) is 0 Å². The van der Waals surface area contributed by atoms with Crippen LogP contribution in [0.15, 0.2) is 48.5 Å². The average molecular weight is 386 g/mol. The van der Waals surface area contributed by atoms with Gasteiger partial charge < -0.3 is 15.8 Å². The Morgan fingerprint density at radius 3 is 2.56 bits per heavy atom. The molecule has 0 aliphatic heterocycles. The molecule has 1 aromatic heterocycles. The van der Waals surface area contributed by atoms with Crippen molar-refractivity contribution in [2.24, 2.45) is 0 Å². The topological polar surface area (TPSA) is 112 Å². The first-order valence-corrected chi connectivity index (χ1v) is 8.29. The number of hydrogen-bond donors (Lipinski definition) is 2. The van der Waals surface area contributed by atoms with Crippen molar-refractivity contribution in [3.63, 3.8) is 0 Å². The molecule has 9 heteroatoms. The van der Waals surface area contributed by atoms with Crippen molar-refractivity contribution in [1.29, 1.82) is 0 Å². The minimum atomic E-state index is -0.510. The number of nitrogens with zero attached hydrogens (tertiary/aromatic N) is 3. The predicted molar refractivity (Wildman–Crippen MR) is 101 cm³/mol. The Bertz CT molecular complexity index is 985. The van der Waals surface area contributed by atoms with Crippen LogP contribution >= 0.6 is 11.6 Å². The Kier molecular flexibility index (Phi) is 5.37. The van der Waals surface area contributed by atoms with Crippen LogP contribution in [-0.4, -0.2) is 34.0 Å². The van der Waals surface area contributed by atoms with Crippen molar-refractivity contribution < 1.29 is 14.3 Å². The van der Waals surface area contributed by atoms with Crippen LogP contribution in [0.5, 0.6) is 0 Å². The number of rotatable bonds is 5. The fourth-order valence-corrected chi connectivity index (χ4v) is 2.58. The van der Waals surface area contributed by atoms with Crippen molar-refractivity contribution in [3.8, 4) is 0 Å². The van der Waals surface area contributed by atoms with Crippen LogP contribution in [-0.2, 0) is 11.3 Å². The second-order valence-electron chi connectivity index (χ2n) is 5.60. The summed E-state index contributed by atoms with van der Waals surface area (Å²) in [5, 5.41) is 11.0. The van der Waals surface area contributed by atoms with Gasteiger partial charge in [0.15, 0.2) is 11.5 Å². The van der Waals surface area contributed by atoms with Gasteiger partial charge in [0.05, 0.1) is 19.2 Å². The van der Waals surface area contributed by atoms with Gasteiger partial charge in [-0.05, 0) is 35.9 Å². The van der Waals surface area contributed by atoms with Crippen LogP contribution in [0, 0.1) is 0 Å². The van der Waals surface area contributed by atoms with Crippen molar-refractivity contribution in [2.45, 2.75) is 6.54 Å². The van der Waals surface area contributed by atoms with Crippen LogP contribution < -0.4 is 11.1 Å². The van der Waals surface area contributed by atoms with E-state index in [0.29, 0.717) is 22.8 Å². The zero-order valence-corrected chi connectivity index (χ0v) is 15.1. The zero-order chi connectivity index (χ0) is 19.4. The highest BCUT2D eigenvalue weighted by atomic mass is 35.5. The van der Waals surface area contributed by atoms with Crippen LogP contribution in [0.4, 0.5) is 11.5 Å². The Morgan fingerprint density at radius 1 is 1.19 bits per heavy atom. The van der Waals surface area contributed by atoms with Gasteiger partial charge in [-0.1, -0.05) is 35.0 Å². The van der Waals surface area contributed by atoms with E-state index in [1.165, 1.54) is 11.8 Å². The first kappa shape index (κ1) is 18.4. The minimum Gasteiger partial charge on any atom is -0.465 e. The van der Waals surface area contributed by atoms with E-state index in [4.69, 9.17) is 17.3 Å². The van der Waals surface area contributed by atoms with Gasteiger partial charge in [0, 0.05) is 10.7 Å². The van der Waals surface area contributed by atoms with Crippen molar-refractivity contribution in [2.75, 3.05) is 18.2 Å². The number of nitrogens with one attached hydrogen (secondary N) is 1. The van der Waals surface area contributed by atoms with Gasteiger partial charge >= 0.3 is 5.97 Å². The molecule has 0 unspecified atom stereocenters. The minimum absolute atomic E-state index is 0.000835. The van der Waals surface area contributed by atoms with Gasteiger partial charge in [-0.25, -0.2) is 9.48 Å². The summed E-state index contributed by atoms with van der Waals surface area (Å²) in [5.74, 6) is -0.845. The van der Waals surface area contributed by atoms with E-state index < -0.39 is 11.9 Å². The molecule has 8 nitrogen and oxygen atoms in total. The number of carbonyl (C=O) groups is 2. The molecular weight excluding hydrogens is 370 g/mol. The maximum Gasteiger partial charge on any atom is 0.337 e. The highest BCUT2D eigenvalue weighted by Gasteiger charge is 2.18. The Morgan fingerprint density at radius 2 is 1.89 bits per heavy atom. The molecular formula is C18H16ClN5O3. The van der Waals surface area contributed by atoms with Crippen molar-refractivity contribution >= 4 is 35.0 Å². The van der Waals surface area contributed by atoms with E-state index >= 15 is 0 Å². The summed E-state index contributed by atoms with van der Waals surface area (Å²) in [6.45, 7) is 0.291. The predicted octanol–water partition coefficient (Wildman–Crippen LogP) is 2.60. The molecule has 0 bridgehead atoms. The molecule has 138 valence electrons. The number of anilines is 2. The summed E-state index contributed by atoms with van der Waals surface area (Å²) in [4.78, 5) is 23.9. The smallest absolute Gasteiger partial charge is 0.337 e. The monoisotopic (exact) mass is 385 g/mol. The maximum atomic E-state index is 12.4. The molecule has 0 atom stereocenters. The number of methoxy groups -OCH3 is 1. The number of hydrogen-bond acceptors (Lipinski definition) is 6. The highest BCUT2D eigenvalue weighted by Crippen LogP contribution is 2.19. The van der Waals surface area contributed by atoms with Crippen molar-refractivity contribution in [3.05, 3.63) is 70.4 Å². The molecule has 2 aromatic carbocycles. The average Bonchev–Trinajstić information content (AvgIpc) is 3.04. The number of halogens is 1. The van der Waals surface area contributed by atoms with Crippen LogP contribution in [0.3, 0.4) is 0 Å². The highest BCUT2D eigenvalue weighted by molar-refractivity contribution is 6.31. The lowest BCUT2D eigenvalue weighted by molar-refractivity contribution is 0.0600. The van der Waals surface area contributed by atoms with E-state index in [-0.39, 0.29) is 11.5 Å². The van der Waals surface area contributed by atoms with E-state index in [2.05, 4.69) is 20.4 Å². The van der Waals surface area contributed by atoms with Gasteiger partial charge in [0.1, 0.15) is 0 Å². The van der Waals surface area contributed by atoms with Crippen LogP contribution in [0.25, 0.3) is 0 Å². The fraction of sp³-hybridized carbons (Fsp3) is 0.111. The molecule has 0 saturated carbocycles. The molecule has 0 radical (unpaired) electrons. The summed E-state index contributed by atoms with van der Waals surface area (Å²) in [6, 6.07) is 13.5. The summed E-state index contributed by atoms with van der Waals surface area (Å²) in [5.41, 5.74) is 7.67. The molecule has 3 N–H and O–H groups in total. The lowest BCUT2D eigenvalue weighted by Gasteiger charge is -2.07. The van der Waals surface area contributed by atoms with Gasteiger partial charge in [-0.3, -0.25) is 4.79 Å². The van der Waals surface area contributed by atoms with Gasteiger partial charge in [0.25, 0.3) is 5.91 Å². The lowest BCUT2D eigenvalue weighted by Crippen LogP contribution is -2.15. The first-order chi connectivity index (χ1) is 13.0. The van der Waals surface area contributed by atoms with Crippen LogP contribution in [0.1, 0.15) is 26.4 Å². The standard InChI is InChI=1S/C18H16ClN5O3/c1-27-18(26)11-6-8-13(9-7-11)21-17(25)15-16(20)24(23-22-15)10-12-4-2-3-5-14(12)19/h2-9H,10,20H2,1H3,(H,21,25). The maximum absolute atomic E-state index is 12.4. The number of amides is 1. The molecule has 0 spiro atoms. The van der Waals surface area contributed by atoms with Crippen molar-refractivity contribution in [1.82, 2.24) is 15.0 Å². The summed E-state index contributed by atoms with van der Waals surface area (Å²) in [6.07, 6.45) is 0. The summed E-state index contributed by atoms with van der Waals surface area (Å²) in [7, 11) is 1.30. The Labute approximate surface area is 159 Å². The number of benzene rings is 2. The third-order valence-electron chi connectivity index (χ3n) is 3.83. The van der Waals surface area contributed by atoms with E-state index in [0.717, 1.165) is 5.56 Å². The lowest BCUT2D eigenvalue weighted by atomic mass is 10.2. The van der Waals surface area contributed by atoms with Crippen LogP contribution in [0.2, 0.25) is 5.02 Å². The molecule has 0 saturated heterocycles. The second-order valence-corrected chi connectivity index (χ2v) is 6.00. The molecule has 1 amide bonds. The first-order valence-electron chi connectivity index (χ1n) is 7.91. The summed E-state index contributed by atoms with van der Waals surface area (Å²) >= 11 is 6.13. The number of nitrogens with two attached hydrogens (primary N) is 1. The number of esters is 1. The third-order valence-corrected chi connectivity index (χ3v) is 4.20. The SMILES string of the molecule is COC(=O)c1ccc(NC(=O)c2nnn(Cc3ccccc3Cl)c2N)cc1. The fourth-order valence-electron chi connectivity index (χ4n) is 2.38. The van der Waals surface area contributed by atoms with E-state index in [9.17, 15) is 9.59 Å². The van der Waals surface area contributed by atoms with Gasteiger partial charge in [-0.2, -0.15) is 0 Å². The van der Waals surface area contributed by atoms with E-state index in [1.54, 1.807) is 30.3 Å². The molecule has 0 fully saturated rings. The van der Waals surface area contributed by atoms with Gasteiger partial charge in [-0.15, -0.1) is 5.10 Å². The number of ether oxygens (including phenoxy) is 1. The molecule has 0 aliphatic rings. The Balaban J connectivity index is 1.73. The third kappa shape index (κ3) is 4.06. The molecule has 27 heavy (non-hydrogen) atoms. The summed E-state index contributed by atoms with van der Waals surface area (Å²) < 4.78 is 6.03. The quantitative estimate of drug-likeness (QED) is 0.653. The number of carbonyl (C=O) groups excluding carboxylic acids is 2. The normalized spacial score (nSPS) is 10.4. The molecule has 3 rings (SSSR count). The molecule has 1 heterocycles. The Hall–Kier alpha value is -3.39. The number of nitrogen functional groups attached to an aromatic ring is 1. The number of aromatic nitrogens is 3. The zero-order valence-electron chi connectivity index (χ0n) is 14.3. The molecule has 3 aromatic rings. The molecule has 0 aliphatic carbocycles.